The highest BCUT2D eigenvalue weighted by Gasteiger charge is 2.49. The topological polar surface area (TPSA) is 97.0 Å². The van der Waals surface area contributed by atoms with Gasteiger partial charge in [0, 0.05) is 0 Å². The number of carbonyl (C=O) groups is 3. The van der Waals surface area contributed by atoms with Crippen molar-refractivity contribution in [3.05, 3.63) is 59.2 Å². The van der Waals surface area contributed by atoms with E-state index in [1.54, 1.807) is 13.0 Å². The first-order valence-electron chi connectivity index (χ1n) is 11.2. The molecule has 2 aliphatic heterocycles. The molecule has 2 aromatic carbocycles. The predicted octanol–water partition coefficient (Wildman–Crippen LogP) is 3.05. The first-order chi connectivity index (χ1) is 15.8. The van der Waals surface area contributed by atoms with E-state index in [4.69, 9.17) is 9.47 Å². The molecule has 2 atom stereocenters. The van der Waals surface area contributed by atoms with Gasteiger partial charge in [0.1, 0.15) is 25.3 Å². The molecule has 8 nitrogen and oxygen atoms in total. The summed E-state index contributed by atoms with van der Waals surface area (Å²) < 4.78 is 11.1. The third kappa shape index (κ3) is 4.51. The largest absolute Gasteiger partial charge is 0.486 e. The second-order valence-electron chi connectivity index (χ2n) is 8.59. The molecule has 2 heterocycles. The lowest BCUT2D eigenvalue weighted by Crippen LogP contribution is -2.43. The van der Waals surface area contributed by atoms with Crippen molar-refractivity contribution in [2.45, 2.75) is 45.2 Å². The lowest BCUT2D eigenvalue weighted by atomic mass is 9.91. The maximum absolute atomic E-state index is 13.1. The van der Waals surface area contributed by atoms with Crippen LogP contribution in [0, 0.1) is 0 Å². The first kappa shape index (κ1) is 22.6. The van der Waals surface area contributed by atoms with Crippen molar-refractivity contribution in [2.24, 2.45) is 0 Å². The summed E-state index contributed by atoms with van der Waals surface area (Å²) >= 11 is 0. The minimum atomic E-state index is -1.20. The summed E-state index contributed by atoms with van der Waals surface area (Å²) in [6.07, 6.45) is 1.98. The fourth-order valence-corrected chi connectivity index (χ4v) is 4.17. The van der Waals surface area contributed by atoms with E-state index >= 15 is 0 Å². The van der Waals surface area contributed by atoms with Gasteiger partial charge < -0.3 is 20.1 Å². The number of urea groups is 1. The van der Waals surface area contributed by atoms with Gasteiger partial charge in [0.05, 0.1) is 6.04 Å². The number of nitrogens with zero attached hydrogens (tertiary/aromatic N) is 1. The number of aryl methyl sites for hydroxylation is 1. The molecule has 4 amide bonds. The molecular formula is C25H29N3O5. The number of hydrogen-bond donors (Lipinski definition) is 2. The van der Waals surface area contributed by atoms with Gasteiger partial charge in [0.15, 0.2) is 11.5 Å². The second-order valence-corrected chi connectivity index (χ2v) is 8.59. The van der Waals surface area contributed by atoms with E-state index in [-0.39, 0.29) is 12.6 Å². The van der Waals surface area contributed by atoms with Crippen LogP contribution in [-0.4, -0.2) is 42.5 Å². The number of benzene rings is 2. The summed E-state index contributed by atoms with van der Waals surface area (Å²) in [4.78, 5) is 39.4. The smallest absolute Gasteiger partial charge is 0.325 e. The van der Waals surface area contributed by atoms with Gasteiger partial charge in [-0.05, 0) is 49.1 Å². The molecule has 2 aromatic rings. The van der Waals surface area contributed by atoms with Crippen molar-refractivity contribution >= 4 is 17.8 Å². The Bertz CT molecular complexity index is 1070. The van der Waals surface area contributed by atoms with Gasteiger partial charge in [-0.15, -0.1) is 0 Å². The molecule has 174 valence electrons. The van der Waals surface area contributed by atoms with Gasteiger partial charge in [0.25, 0.3) is 5.91 Å². The highest BCUT2D eigenvalue weighted by Crippen LogP contribution is 2.33. The molecule has 0 unspecified atom stereocenters. The summed E-state index contributed by atoms with van der Waals surface area (Å²) in [5.41, 5.74) is 1.49. The molecule has 2 aliphatic rings. The number of carbonyl (C=O) groups excluding carboxylic acids is 3. The van der Waals surface area contributed by atoms with Crippen molar-refractivity contribution < 1.29 is 23.9 Å². The summed E-state index contributed by atoms with van der Waals surface area (Å²) in [7, 11) is 0. The Morgan fingerprint density at radius 2 is 1.82 bits per heavy atom. The molecule has 0 spiro atoms. The van der Waals surface area contributed by atoms with Crippen molar-refractivity contribution in [3.63, 3.8) is 0 Å². The Morgan fingerprint density at radius 1 is 1.12 bits per heavy atom. The number of ether oxygens (including phenoxy) is 2. The SMILES string of the molecule is CCCc1ccc([C@@]2(C)NC(=O)N(CC(=O)N[C@@H](C)c3ccc4c(c3)OCCO4)C2=O)cc1. The van der Waals surface area contributed by atoms with E-state index in [2.05, 4.69) is 17.6 Å². The van der Waals surface area contributed by atoms with Gasteiger partial charge in [-0.3, -0.25) is 14.5 Å². The lowest BCUT2D eigenvalue weighted by Gasteiger charge is -2.23. The summed E-state index contributed by atoms with van der Waals surface area (Å²) in [6.45, 7) is 6.22. The van der Waals surface area contributed by atoms with Gasteiger partial charge in [-0.1, -0.05) is 43.7 Å². The molecular weight excluding hydrogens is 422 g/mol. The minimum Gasteiger partial charge on any atom is -0.486 e. The quantitative estimate of drug-likeness (QED) is 0.631. The zero-order chi connectivity index (χ0) is 23.6. The summed E-state index contributed by atoms with van der Waals surface area (Å²) in [6, 6.07) is 12.2. The molecule has 1 fully saturated rings. The Balaban J connectivity index is 1.41. The number of imide groups is 1. The first-order valence-corrected chi connectivity index (χ1v) is 11.2. The molecule has 33 heavy (non-hydrogen) atoms. The molecule has 1 saturated heterocycles. The molecule has 0 radical (unpaired) electrons. The van der Waals surface area contributed by atoms with Crippen LogP contribution in [-0.2, 0) is 21.5 Å². The zero-order valence-corrected chi connectivity index (χ0v) is 19.1. The van der Waals surface area contributed by atoms with Crippen LogP contribution in [0.3, 0.4) is 0 Å². The maximum Gasteiger partial charge on any atom is 0.325 e. The summed E-state index contributed by atoms with van der Waals surface area (Å²) in [5, 5.41) is 5.60. The van der Waals surface area contributed by atoms with Crippen LogP contribution in [0.4, 0.5) is 4.79 Å². The van der Waals surface area contributed by atoms with E-state index in [1.165, 1.54) is 5.56 Å². The van der Waals surface area contributed by atoms with Crippen molar-refractivity contribution in [1.29, 1.82) is 0 Å². The Labute approximate surface area is 193 Å². The van der Waals surface area contributed by atoms with Crippen LogP contribution in [0.5, 0.6) is 11.5 Å². The van der Waals surface area contributed by atoms with Crippen molar-refractivity contribution in [2.75, 3.05) is 19.8 Å². The molecule has 0 aliphatic carbocycles. The van der Waals surface area contributed by atoms with E-state index in [0.29, 0.717) is 30.3 Å². The van der Waals surface area contributed by atoms with Crippen LogP contribution < -0.4 is 20.1 Å². The molecule has 0 bridgehead atoms. The molecule has 4 rings (SSSR count). The van der Waals surface area contributed by atoms with Crippen LogP contribution in [0.2, 0.25) is 0 Å². The normalized spacial score (nSPS) is 20.4. The van der Waals surface area contributed by atoms with E-state index in [9.17, 15) is 14.4 Å². The van der Waals surface area contributed by atoms with Crippen LogP contribution in [0.25, 0.3) is 0 Å². The van der Waals surface area contributed by atoms with Crippen LogP contribution in [0.1, 0.15) is 49.9 Å². The third-order valence-corrected chi connectivity index (χ3v) is 6.09. The average Bonchev–Trinajstić information content (AvgIpc) is 3.03. The van der Waals surface area contributed by atoms with E-state index in [1.807, 2.05) is 43.3 Å². The van der Waals surface area contributed by atoms with Crippen molar-refractivity contribution in [3.8, 4) is 11.5 Å². The maximum atomic E-state index is 13.1. The highest BCUT2D eigenvalue weighted by atomic mass is 16.6. The minimum absolute atomic E-state index is 0.341. The molecule has 0 aromatic heterocycles. The van der Waals surface area contributed by atoms with E-state index in [0.717, 1.165) is 23.3 Å². The second kappa shape index (κ2) is 9.13. The standard InChI is InChI=1S/C25H29N3O5/c1-4-5-17-6-9-19(10-7-17)25(3)23(30)28(24(31)27-25)15-22(29)26-16(2)18-8-11-20-21(14-18)33-13-12-32-20/h6-11,14,16H,4-5,12-13,15H2,1-3H3,(H,26,29)(H,27,31)/t16-,25+/m0/s1. The Kier molecular flexibility index (Phi) is 6.26. The Hall–Kier alpha value is -3.55. The zero-order valence-electron chi connectivity index (χ0n) is 19.1. The van der Waals surface area contributed by atoms with Crippen molar-refractivity contribution in [1.82, 2.24) is 15.5 Å². The fourth-order valence-electron chi connectivity index (χ4n) is 4.17. The Morgan fingerprint density at radius 3 is 2.52 bits per heavy atom. The lowest BCUT2D eigenvalue weighted by molar-refractivity contribution is -0.135. The fraction of sp³-hybridized carbons (Fsp3) is 0.400. The molecule has 2 N–H and O–H groups in total. The van der Waals surface area contributed by atoms with Gasteiger partial charge >= 0.3 is 6.03 Å². The number of fused-ring (bicyclic) bond motifs is 1. The summed E-state index contributed by atoms with van der Waals surface area (Å²) in [5.74, 6) is 0.431. The highest BCUT2D eigenvalue weighted by molar-refractivity contribution is 6.09. The third-order valence-electron chi connectivity index (χ3n) is 6.09. The predicted molar refractivity (Wildman–Crippen MR) is 122 cm³/mol. The van der Waals surface area contributed by atoms with Gasteiger partial charge in [-0.2, -0.15) is 0 Å². The number of hydrogen-bond acceptors (Lipinski definition) is 5. The average molecular weight is 452 g/mol. The van der Waals surface area contributed by atoms with Crippen LogP contribution in [0.15, 0.2) is 42.5 Å². The number of nitrogens with one attached hydrogen (secondary N) is 2. The molecule has 0 saturated carbocycles. The number of amides is 4. The van der Waals surface area contributed by atoms with Gasteiger partial charge in [-0.25, -0.2) is 4.79 Å². The van der Waals surface area contributed by atoms with Gasteiger partial charge in [0.2, 0.25) is 5.91 Å². The monoisotopic (exact) mass is 451 g/mol. The molecule has 8 heteroatoms. The van der Waals surface area contributed by atoms with E-state index < -0.39 is 23.4 Å². The number of rotatable bonds is 7. The van der Waals surface area contributed by atoms with Crippen LogP contribution >= 0.6 is 0 Å².